The second-order valence-corrected chi connectivity index (χ2v) is 13.0. The fourth-order valence-electron chi connectivity index (χ4n) is 8.54. The van der Waals surface area contributed by atoms with E-state index >= 15 is 0 Å². The van der Waals surface area contributed by atoms with Crippen molar-refractivity contribution >= 4 is 5.78 Å². The lowest BCUT2D eigenvalue weighted by Gasteiger charge is -2.61. The van der Waals surface area contributed by atoms with Crippen LogP contribution in [-0.4, -0.2) is 62.8 Å². The van der Waals surface area contributed by atoms with Crippen molar-refractivity contribution in [3.05, 3.63) is 11.6 Å². The van der Waals surface area contributed by atoms with Crippen LogP contribution in [0.4, 0.5) is 0 Å². The smallest absolute Gasteiger partial charge is 0.159 e. The molecule has 6 nitrogen and oxygen atoms in total. The molecule has 0 aliphatic heterocycles. The average Bonchev–Trinajstić information content (AvgIpc) is 3.05. The highest BCUT2D eigenvalue weighted by atomic mass is 16.5. The van der Waals surface area contributed by atoms with Gasteiger partial charge in [0, 0.05) is 18.4 Å². The average molecular weight is 479 g/mol. The van der Waals surface area contributed by atoms with Gasteiger partial charge >= 0.3 is 0 Å². The third-order valence-corrected chi connectivity index (χ3v) is 10.8. The molecule has 0 radical (unpaired) electrons. The molecule has 4 rings (SSSR count). The molecule has 0 heterocycles. The molecule has 0 saturated heterocycles. The highest BCUT2D eigenvalue weighted by Crippen LogP contribution is 2.68. The molecule has 194 valence electrons. The summed E-state index contributed by atoms with van der Waals surface area (Å²) in [6.07, 6.45) is 4.81. The normalized spacial score (nSPS) is 46.9. The van der Waals surface area contributed by atoms with Crippen LogP contribution in [0.25, 0.3) is 0 Å². The zero-order valence-electron chi connectivity index (χ0n) is 21.9. The number of rotatable bonds is 6. The predicted molar refractivity (Wildman–Crippen MR) is 130 cm³/mol. The van der Waals surface area contributed by atoms with Crippen LogP contribution in [0.2, 0.25) is 0 Å². The van der Waals surface area contributed by atoms with E-state index in [1.807, 2.05) is 6.92 Å². The van der Waals surface area contributed by atoms with Crippen molar-refractivity contribution < 1.29 is 30.0 Å². The number of fused-ring (bicyclic) bond motifs is 5. The van der Waals surface area contributed by atoms with Gasteiger partial charge in [0.15, 0.2) is 5.78 Å². The van der Waals surface area contributed by atoms with E-state index in [1.165, 1.54) is 0 Å². The lowest BCUT2D eigenvalue weighted by Crippen LogP contribution is -2.63. The summed E-state index contributed by atoms with van der Waals surface area (Å²) in [5, 5.41) is 45.4. The van der Waals surface area contributed by atoms with Crippen LogP contribution in [-0.2, 0) is 9.53 Å². The zero-order chi connectivity index (χ0) is 25.3. The second kappa shape index (κ2) is 8.65. The van der Waals surface area contributed by atoms with Crippen molar-refractivity contribution in [3.8, 4) is 0 Å². The molecule has 1 unspecified atom stereocenters. The number of aliphatic hydroxyl groups is 4. The minimum Gasteiger partial charge on any atom is -0.390 e. The van der Waals surface area contributed by atoms with Gasteiger partial charge in [0.1, 0.15) is 0 Å². The van der Waals surface area contributed by atoms with Crippen molar-refractivity contribution in [1.29, 1.82) is 0 Å². The number of ketones is 1. The fraction of sp³-hybridized carbons (Fsp3) is 0.893. The number of carbonyl (C=O) groups excluding carboxylic acids is 1. The van der Waals surface area contributed by atoms with Gasteiger partial charge < -0.3 is 25.2 Å². The quantitative estimate of drug-likeness (QED) is 0.466. The Labute approximate surface area is 204 Å². The minimum absolute atomic E-state index is 0.00722. The topological polar surface area (TPSA) is 107 Å². The maximum atomic E-state index is 13.4. The summed E-state index contributed by atoms with van der Waals surface area (Å²) in [6.45, 7) is 10.1. The third kappa shape index (κ3) is 3.66. The summed E-state index contributed by atoms with van der Waals surface area (Å²) in [7, 11) is 1.61. The molecule has 6 heteroatoms. The van der Waals surface area contributed by atoms with Gasteiger partial charge in [-0.05, 0) is 93.1 Å². The molecule has 0 aromatic carbocycles. The molecule has 4 N–H and O–H groups in total. The first kappa shape index (κ1) is 26.3. The van der Waals surface area contributed by atoms with Crippen LogP contribution >= 0.6 is 0 Å². The van der Waals surface area contributed by atoms with E-state index < -0.39 is 28.8 Å². The van der Waals surface area contributed by atoms with Crippen LogP contribution in [0.3, 0.4) is 0 Å². The highest BCUT2D eigenvalue weighted by molar-refractivity contribution is 5.95. The maximum absolute atomic E-state index is 13.4. The first-order chi connectivity index (χ1) is 15.7. The van der Waals surface area contributed by atoms with Crippen LogP contribution < -0.4 is 0 Å². The van der Waals surface area contributed by atoms with Crippen molar-refractivity contribution in [3.63, 3.8) is 0 Å². The molecule has 0 aromatic heterocycles. The first-order valence-corrected chi connectivity index (χ1v) is 13.3. The van der Waals surface area contributed by atoms with Gasteiger partial charge in [0.2, 0.25) is 0 Å². The number of hydrogen-bond acceptors (Lipinski definition) is 6. The summed E-state index contributed by atoms with van der Waals surface area (Å²) < 4.78 is 5.59. The number of hydrogen-bond donors (Lipinski definition) is 4. The lowest BCUT2D eigenvalue weighted by molar-refractivity contribution is -0.177. The maximum Gasteiger partial charge on any atom is 0.159 e. The van der Waals surface area contributed by atoms with Gasteiger partial charge in [-0.2, -0.15) is 0 Å². The Kier molecular flexibility index (Phi) is 6.69. The third-order valence-electron chi connectivity index (χ3n) is 10.8. The van der Waals surface area contributed by atoms with E-state index in [1.54, 1.807) is 20.1 Å². The summed E-state index contributed by atoms with van der Waals surface area (Å²) >= 11 is 0. The summed E-state index contributed by atoms with van der Waals surface area (Å²) in [4.78, 5) is 13.4. The van der Waals surface area contributed by atoms with Gasteiger partial charge in [0.25, 0.3) is 0 Å². The molecule has 0 amide bonds. The van der Waals surface area contributed by atoms with E-state index in [-0.39, 0.29) is 35.1 Å². The number of carbonyl (C=O) groups is 1. The van der Waals surface area contributed by atoms with Gasteiger partial charge in [-0.1, -0.05) is 27.7 Å². The number of ether oxygens (including phenoxy) is 1. The molecular formula is C28H46O6. The summed E-state index contributed by atoms with van der Waals surface area (Å²) in [6, 6.07) is 0. The van der Waals surface area contributed by atoms with Crippen LogP contribution in [0.1, 0.15) is 86.0 Å². The summed E-state index contributed by atoms with van der Waals surface area (Å²) in [5.41, 5.74) is -2.70. The van der Waals surface area contributed by atoms with Crippen molar-refractivity contribution in [2.24, 2.45) is 34.5 Å². The fourth-order valence-corrected chi connectivity index (χ4v) is 8.54. The molecule has 3 fully saturated rings. The zero-order valence-corrected chi connectivity index (χ0v) is 21.9. The molecule has 34 heavy (non-hydrogen) atoms. The number of aliphatic hydroxyl groups excluding tert-OH is 2. The Morgan fingerprint density at radius 3 is 2.47 bits per heavy atom. The standard InChI is InChI=1S/C28H46O6/c1-16(2)7-8-24(31)27(5,32)23-10-12-28(33)18-13-20(29)19-14-21(30)22(34-6)15-25(19,3)17(18)9-11-26(23,28)4/h13,16-17,19,21-24,30-33H,7-12,14-15H2,1-6H3/t17?,19-,21+,22-,23-,24+,25+,26+,27+,28+/m0/s1. The van der Waals surface area contributed by atoms with Crippen LogP contribution in [0.15, 0.2) is 11.6 Å². The van der Waals surface area contributed by atoms with Gasteiger partial charge in [-0.25, -0.2) is 0 Å². The van der Waals surface area contributed by atoms with Crippen molar-refractivity contribution in [2.75, 3.05) is 7.11 Å². The Morgan fingerprint density at radius 2 is 1.85 bits per heavy atom. The molecule has 0 bridgehead atoms. The van der Waals surface area contributed by atoms with Gasteiger partial charge in [-0.3, -0.25) is 4.79 Å². The van der Waals surface area contributed by atoms with Gasteiger partial charge in [0.05, 0.1) is 29.5 Å². The van der Waals surface area contributed by atoms with E-state index in [9.17, 15) is 25.2 Å². The molecule has 10 atom stereocenters. The minimum atomic E-state index is -1.32. The van der Waals surface area contributed by atoms with Crippen molar-refractivity contribution in [1.82, 2.24) is 0 Å². The van der Waals surface area contributed by atoms with E-state index in [2.05, 4.69) is 20.8 Å². The number of methoxy groups -OCH3 is 1. The van der Waals surface area contributed by atoms with E-state index in [0.717, 1.165) is 24.8 Å². The second-order valence-electron chi connectivity index (χ2n) is 13.0. The van der Waals surface area contributed by atoms with E-state index in [4.69, 9.17) is 4.74 Å². The Balaban J connectivity index is 1.68. The molecule has 0 spiro atoms. The summed E-state index contributed by atoms with van der Waals surface area (Å²) in [5.74, 6) is -0.0717. The monoisotopic (exact) mass is 478 g/mol. The largest absolute Gasteiger partial charge is 0.390 e. The Hall–Kier alpha value is -0.790. The Bertz CT molecular complexity index is 835. The molecule has 4 aliphatic carbocycles. The molecular weight excluding hydrogens is 432 g/mol. The number of allylic oxidation sites excluding steroid dienone is 1. The first-order valence-electron chi connectivity index (χ1n) is 13.3. The molecule has 4 aliphatic rings. The molecule has 0 aromatic rings. The lowest BCUT2D eigenvalue weighted by atomic mass is 9.45. The molecule has 3 saturated carbocycles. The van der Waals surface area contributed by atoms with E-state index in [0.29, 0.717) is 38.0 Å². The van der Waals surface area contributed by atoms with Crippen molar-refractivity contribution in [2.45, 2.75) is 115 Å². The van der Waals surface area contributed by atoms with Gasteiger partial charge in [-0.15, -0.1) is 0 Å². The van der Waals surface area contributed by atoms with Crippen LogP contribution in [0.5, 0.6) is 0 Å². The highest BCUT2D eigenvalue weighted by Gasteiger charge is 2.69. The Morgan fingerprint density at radius 1 is 1.18 bits per heavy atom. The SMILES string of the molecule is CO[C@H]1C[C@]2(C)C3CC[C@]4(C)[C@@H]([C@@](C)(O)[C@H](O)CCC(C)C)CC[C@@]4(O)C3=CC(=O)[C@@H]2C[C@H]1O. The van der Waals surface area contributed by atoms with Crippen LogP contribution in [0, 0.1) is 34.5 Å². The predicted octanol–water partition coefficient (Wildman–Crippen LogP) is 3.39.